The number of carbonyl (C=O) groups is 5. The average Bonchev–Trinajstić information content (AvgIpc) is 2.62. The highest BCUT2D eigenvalue weighted by Gasteiger charge is 2.30. The molecule has 0 fully saturated rings. The molecule has 3 amide bonds. The molecule has 0 saturated heterocycles. The van der Waals surface area contributed by atoms with Gasteiger partial charge in [0, 0.05) is 0 Å². The van der Waals surface area contributed by atoms with E-state index in [4.69, 9.17) is 15.9 Å². The third-order valence-electron chi connectivity index (χ3n) is 4.07. The van der Waals surface area contributed by atoms with E-state index in [1.54, 1.807) is 13.8 Å². The van der Waals surface area contributed by atoms with Gasteiger partial charge in [-0.05, 0) is 12.8 Å². The Morgan fingerprint density at radius 3 is 1.93 bits per heavy atom. The van der Waals surface area contributed by atoms with Gasteiger partial charge in [-0.1, -0.05) is 20.3 Å². The van der Waals surface area contributed by atoms with Crippen LogP contribution in [0, 0.1) is 5.92 Å². The molecule has 0 aliphatic carbocycles. The number of aliphatic carboxylic acids is 2. The molecule has 0 radical (unpaired) electrons. The van der Waals surface area contributed by atoms with Crippen molar-refractivity contribution in [2.45, 2.75) is 57.8 Å². The van der Waals surface area contributed by atoms with Gasteiger partial charge in [0.25, 0.3) is 0 Å². The van der Waals surface area contributed by atoms with E-state index in [2.05, 4.69) is 16.0 Å². The third kappa shape index (κ3) is 8.31. The molecular weight excluding hydrogens is 376 g/mol. The number of hydrogen-bond acceptors (Lipinski definition) is 7. The van der Waals surface area contributed by atoms with E-state index in [0.29, 0.717) is 6.42 Å². The van der Waals surface area contributed by atoms with Gasteiger partial charge in [0.1, 0.15) is 24.2 Å². The number of nitrogens with one attached hydrogen (secondary N) is 3. The zero-order valence-electron chi connectivity index (χ0n) is 16.0. The minimum absolute atomic E-state index is 0.358. The molecule has 0 aliphatic heterocycles. The maximum atomic E-state index is 12.3. The van der Waals surface area contributed by atoms with Crippen molar-refractivity contribution in [2.24, 2.45) is 11.7 Å². The van der Waals surface area contributed by atoms with Gasteiger partial charge in [-0.2, -0.15) is 0 Å². The standard InChI is InChI=1S/C16H28N4O8/c1-4-7(2)12(16(27)28)20-13(24)8(3)18-15(26)10(5-11(22)23)19-14(25)9(17)6-21/h7-10,12,21H,4-6,17H2,1-3H3,(H,18,26)(H,19,25)(H,20,24)(H,22,23)(H,27,28). The predicted octanol–water partition coefficient (Wildman–Crippen LogP) is -2.61. The van der Waals surface area contributed by atoms with E-state index in [1.165, 1.54) is 6.92 Å². The fourth-order valence-electron chi connectivity index (χ4n) is 2.09. The minimum Gasteiger partial charge on any atom is -0.481 e. The van der Waals surface area contributed by atoms with Crippen molar-refractivity contribution in [3.63, 3.8) is 0 Å². The smallest absolute Gasteiger partial charge is 0.326 e. The molecule has 8 N–H and O–H groups in total. The molecule has 0 bridgehead atoms. The maximum Gasteiger partial charge on any atom is 0.326 e. The van der Waals surface area contributed by atoms with Gasteiger partial charge in [0.2, 0.25) is 17.7 Å². The normalized spacial score (nSPS) is 16.0. The van der Waals surface area contributed by atoms with Crippen LogP contribution in [0.5, 0.6) is 0 Å². The molecule has 0 spiro atoms. The second-order valence-electron chi connectivity index (χ2n) is 6.39. The van der Waals surface area contributed by atoms with Crippen molar-refractivity contribution >= 4 is 29.7 Å². The van der Waals surface area contributed by atoms with Crippen LogP contribution in [-0.2, 0) is 24.0 Å². The van der Waals surface area contributed by atoms with Gasteiger partial charge >= 0.3 is 11.9 Å². The van der Waals surface area contributed by atoms with Crippen LogP contribution in [0.25, 0.3) is 0 Å². The van der Waals surface area contributed by atoms with E-state index in [9.17, 15) is 29.1 Å². The number of hydrogen-bond donors (Lipinski definition) is 7. The van der Waals surface area contributed by atoms with Crippen LogP contribution in [0.15, 0.2) is 0 Å². The van der Waals surface area contributed by atoms with Crippen molar-refractivity contribution in [1.82, 2.24) is 16.0 Å². The average molecular weight is 404 g/mol. The van der Waals surface area contributed by atoms with E-state index in [-0.39, 0.29) is 5.92 Å². The number of amides is 3. The molecule has 0 aromatic carbocycles. The molecule has 0 saturated carbocycles. The van der Waals surface area contributed by atoms with Crippen LogP contribution in [0.3, 0.4) is 0 Å². The van der Waals surface area contributed by atoms with Gasteiger partial charge in [-0.3, -0.25) is 19.2 Å². The van der Waals surface area contributed by atoms with E-state index < -0.39 is 66.9 Å². The predicted molar refractivity (Wildman–Crippen MR) is 95.9 cm³/mol. The zero-order chi connectivity index (χ0) is 22.0. The summed E-state index contributed by atoms with van der Waals surface area (Å²) in [6.45, 7) is 3.97. The monoisotopic (exact) mass is 404 g/mol. The molecule has 5 unspecified atom stereocenters. The van der Waals surface area contributed by atoms with Crippen LogP contribution in [0.4, 0.5) is 0 Å². The molecular formula is C16H28N4O8. The lowest BCUT2D eigenvalue weighted by Crippen LogP contribution is -2.57. The highest BCUT2D eigenvalue weighted by atomic mass is 16.4. The summed E-state index contributed by atoms with van der Waals surface area (Å²) in [5.74, 6) is -5.67. The molecule has 0 aromatic heterocycles. The molecule has 12 nitrogen and oxygen atoms in total. The van der Waals surface area contributed by atoms with Gasteiger partial charge < -0.3 is 37.0 Å². The molecule has 0 heterocycles. The Bertz CT molecular complexity index is 597. The van der Waals surface area contributed by atoms with E-state index in [1.807, 2.05) is 0 Å². The molecule has 28 heavy (non-hydrogen) atoms. The van der Waals surface area contributed by atoms with Crippen LogP contribution in [-0.4, -0.2) is 75.8 Å². The number of carboxylic acid groups (broad SMARTS) is 2. The summed E-state index contributed by atoms with van der Waals surface area (Å²) in [6, 6.07) is -5.24. The zero-order valence-corrected chi connectivity index (χ0v) is 16.0. The third-order valence-corrected chi connectivity index (χ3v) is 4.07. The number of carbonyl (C=O) groups excluding carboxylic acids is 3. The Hall–Kier alpha value is -2.73. The van der Waals surface area contributed by atoms with Crippen LogP contribution in [0.2, 0.25) is 0 Å². The Balaban J connectivity index is 5.07. The lowest BCUT2D eigenvalue weighted by Gasteiger charge is -2.24. The summed E-state index contributed by atoms with van der Waals surface area (Å²) in [5.41, 5.74) is 5.31. The van der Waals surface area contributed by atoms with Crippen molar-refractivity contribution in [3.05, 3.63) is 0 Å². The number of rotatable bonds is 12. The van der Waals surface area contributed by atoms with Crippen molar-refractivity contribution in [3.8, 4) is 0 Å². The number of carboxylic acids is 2. The second-order valence-corrected chi connectivity index (χ2v) is 6.39. The minimum atomic E-state index is -1.54. The first-order valence-electron chi connectivity index (χ1n) is 8.66. The summed E-state index contributed by atoms with van der Waals surface area (Å²) in [6.07, 6.45) is -0.287. The van der Waals surface area contributed by atoms with Gasteiger partial charge in [-0.25, -0.2) is 4.79 Å². The van der Waals surface area contributed by atoms with Crippen LogP contribution < -0.4 is 21.7 Å². The lowest BCUT2D eigenvalue weighted by atomic mass is 9.99. The van der Waals surface area contributed by atoms with E-state index in [0.717, 1.165) is 0 Å². The van der Waals surface area contributed by atoms with Gasteiger partial charge in [0.15, 0.2) is 0 Å². The number of aliphatic hydroxyl groups excluding tert-OH is 1. The van der Waals surface area contributed by atoms with Gasteiger partial charge in [0.05, 0.1) is 13.0 Å². The number of nitrogens with two attached hydrogens (primary N) is 1. The molecule has 160 valence electrons. The lowest BCUT2D eigenvalue weighted by molar-refractivity contribution is -0.144. The van der Waals surface area contributed by atoms with Crippen LogP contribution in [0.1, 0.15) is 33.6 Å². The Morgan fingerprint density at radius 2 is 1.50 bits per heavy atom. The number of aliphatic hydroxyl groups is 1. The quantitative estimate of drug-likeness (QED) is 0.181. The molecule has 5 atom stereocenters. The maximum absolute atomic E-state index is 12.3. The van der Waals surface area contributed by atoms with Gasteiger partial charge in [-0.15, -0.1) is 0 Å². The first-order valence-corrected chi connectivity index (χ1v) is 8.66. The van der Waals surface area contributed by atoms with Crippen LogP contribution >= 0.6 is 0 Å². The second kappa shape index (κ2) is 11.9. The highest BCUT2D eigenvalue weighted by molar-refractivity contribution is 5.95. The Morgan fingerprint density at radius 1 is 0.929 bits per heavy atom. The highest BCUT2D eigenvalue weighted by Crippen LogP contribution is 2.08. The topological polar surface area (TPSA) is 208 Å². The first-order chi connectivity index (χ1) is 12.9. The fourth-order valence-corrected chi connectivity index (χ4v) is 2.09. The summed E-state index contributed by atoms with van der Waals surface area (Å²) < 4.78 is 0. The molecule has 0 aliphatic rings. The SMILES string of the molecule is CCC(C)C(NC(=O)C(C)NC(=O)C(CC(=O)O)NC(=O)C(N)CO)C(=O)O. The van der Waals surface area contributed by atoms with Crippen molar-refractivity contribution in [1.29, 1.82) is 0 Å². The fraction of sp³-hybridized carbons (Fsp3) is 0.688. The van der Waals surface area contributed by atoms with E-state index >= 15 is 0 Å². The Kier molecular flexibility index (Phi) is 10.7. The first kappa shape index (κ1) is 25.3. The summed E-state index contributed by atoms with van der Waals surface area (Å²) in [4.78, 5) is 58.4. The Labute approximate surface area is 161 Å². The molecule has 0 rings (SSSR count). The molecule has 0 aromatic rings. The summed E-state index contributed by atoms with van der Waals surface area (Å²) >= 11 is 0. The summed E-state index contributed by atoms with van der Waals surface area (Å²) in [5, 5.41) is 33.6. The summed E-state index contributed by atoms with van der Waals surface area (Å²) in [7, 11) is 0. The largest absolute Gasteiger partial charge is 0.481 e. The van der Waals surface area contributed by atoms with Crippen molar-refractivity contribution < 1.29 is 39.3 Å². The van der Waals surface area contributed by atoms with Crippen molar-refractivity contribution in [2.75, 3.05) is 6.61 Å². The molecule has 12 heteroatoms.